The highest BCUT2D eigenvalue weighted by atomic mass is 16.5. The van der Waals surface area contributed by atoms with E-state index in [2.05, 4.69) is 4.98 Å². The van der Waals surface area contributed by atoms with Gasteiger partial charge in [-0.15, -0.1) is 0 Å². The SMILES string of the molecule is COc1ccc(OC)c(-c2ncccc2O)c1. The fraction of sp³-hybridized carbons (Fsp3) is 0.154. The zero-order chi connectivity index (χ0) is 12.3. The maximum atomic E-state index is 9.79. The molecule has 0 spiro atoms. The van der Waals surface area contributed by atoms with Gasteiger partial charge in [0.05, 0.1) is 14.2 Å². The number of aromatic hydroxyl groups is 1. The second-order valence-electron chi connectivity index (χ2n) is 3.44. The third-order valence-electron chi connectivity index (χ3n) is 2.45. The maximum Gasteiger partial charge on any atom is 0.141 e. The molecule has 1 aromatic carbocycles. The molecule has 4 nitrogen and oxygen atoms in total. The lowest BCUT2D eigenvalue weighted by Gasteiger charge is -2.10. The lowest BCUT2D eigenvalue weighted by molar-refractivity contribution is 0.404. The third kappa shape index (κ3) is 2.15. The summed E-state index contributed by atoms with van der Waals surface area (Å²) in [7, 11) is 3.16. The predicted molar refractivity (Wildman–Crippen MR) is 64.4 cm³/mol. The highest BCUT2D eigenvalue weighted by Crippen LogP contribution is 2.36. The molecule has 0 aliphatic rings. The molecule has 0 unspecified atom stereocenters. The molecular weight excluding hydrogens is 218 g/mol. The van der Waals surface area contributed by atoms with Gasteiger partial charge in [-0.05, 0) is 30.3 Å². The van der Waals surface area contributed by atoms with Gasteiger partial charge in [-0.2, -0.15) is 0 Å². The molecule has 0 radical (unpaired) electrons. The van der Waals surface area contributed by atoms with Crippen molar-refractivity contribution in [3.05, 3.63) is 36.5 Å². The van der Waals surface area contributed by atoms with Crippen molar-refractivity contribution in [3.8, 4) is 28.5 Å². The number of aromatic nitrogens is 1. The minimum atomic E-state index is 0.110. The number of rotatable bonds is 3. The number of methoxy groups -OCH3 is 2. The molecule has 1 heterocycles. The van der Waals surface area contributed by atoms with E-state index < -0.39 is 0 Å². The first-order valence-corrected chi connectivity index (χ1v) is 5.12. The molecule has 0 atom stereocenters. The molecule has 0 aliphatic carbocycles. The van der Waals surface area contributed by atoms with Gasteiger partial charge in [0.15, 0.2) is 0 Å². The molecule has 88 valence electrons. The Morgan fingerprint density at radius 2 is 1.94 bits per heavy atom. The monoisotopic (exact) mass is 231 g/mol. The molecule has 0 fully saturated rings. The molecule has 2 rings (SSSR count). The Balaban J connectivity index is 2.60. The van der Waals surface area contributed by atoms with Crippen LogP contribution in [0.2, 0.25) is 0 Å². The zero-order valence-corrected chi connectivity index (χ0v) is 9.68. The Kier molecular flexibility index (Phi) is 3.14. The minimum absolute atomic E-state index is 0.110. The third-order valence-corrected chi connectivity index (χ3v) is 2.45. The van der Waals surface area contributed by atoms with Gasteiger partial charge >= 0.3 is 0 Å². The number of pyridine rings is 1. The number of nitrogens with zero attached hydrogens (tertiary/aromatic N) is 1. The lowest BCUT2D eigenvalue weighted by Crippen LogP contribution is -1.92. The van der Waals surface area contributed by atoms with Crippen LogP contribution < -0.4 is 9.47 Å². The standard InChI is InChI=1S/C13H13NO3/c1-16-9-5-6-12(17-2)10(8-9)13-11(15)4-3-7-14-13/h3-8,15H,1-2H3. The largest absolute Gasteiger partial charge is 0.506 e. The van der Waals surface area contributed by atoms with Crippen molar-refractivity contribution in [2.75, 3.05) is 14.2 Å². The molecule has 0 saturated carbocycles. The number of hydrogen-bond donors (Lipinski definition) is 1. The van der Waals surface area contributed by atoms with Crippen LogP contribution in [-0.2, 0) is 0 Å². The molecule has 0 aliphatic heterocycles. The summed E-state index contributed by atoms with van der Waals surface area (Å²) >= 11 is 0. The molecule has 4 heteroatoms. The fourth-order valence-electron chi connectivity index (χ4n) is 1.60. The molecule has 2 aromatic rings. The van der Waals surface area contributed by atoms with Crippen LogP contribution >= 0.6 is 0 Å². The van der Waals surface area contributed by atoms with Crippen LogP contribution in [-0.4, -0.2) is 24.3 Å². The highest BCUT2D eigenvalue weighted by molar-refractivity contribution is 5.73. The van der Waals surface area contributed by atoms with Crippen LogP contribution in [0.1, 0.15) is 0 Å². The van der Waals surface area contributed by atoms with Crippen molar-refractivity contribution < 1.29 is 14.6 Å². The van der Waals surface area contributed by atoms with Crippen molar-refractivity contribution in [1.82, 2.24) is 4.98 Å². The van der Waals surface area contributed by atoms with E-state index in [-0.39, 0.29) is 5.75 Å². The van der Waals surface area contributed by atoms with Crippen LogP contribution in [0.5, 0.6) is 17.2 Å². The molecule has 1 N–H and O–H groups in total. The van der Waals surface area contributed by atoms with E-state index in [1.54, 1.807) is 50.7 Å². The average Bonchev–Trinajstić information content (AvgIpc) is 2.38. The van der Waals surface area contributed by atoms with E-state index in [1.165, 1.54) is 0 Å². The van der Waals surface area contributed by atoms with Gasteiger partial charge in [0.25, 0.3) is 0 Å². The minimum Gasteiger partial charge on any atom is -0.506 e. The van der Waals surface area contributed by atoms with Gasteiger partial charge in [0.1, 0.15) is 22.9 Å². The Morgan fingerprint density at radius 3 is 2.59 bits per heavy atom. The van der Waals surface area contributed by atoms with E-state index in [9.17, 15) is 5.11 Å². The van der Waals surface area contributed by atoms with E-state index in [1.807, 2.05) is 0 Å². The van der Waals surface area contributed by atoms with E-state index >= 15 is 0 Å². The van der Waals surface area contributed by atoms with Gasteiger partial charge in [-0.25, -0.2) is 0 Å². The lowest BCUT2D eigenvalue weighted by atomic mass is 10.1. The second-order valence-corrected chi connectivity index (χ2v) is 3.44. The molecular formula is C13H13NO3. The second kappa shape index (κ2) is 4.74. The smallest absolute Gasteiger partial charge is 0.141 e. The van der Waals surface area contributed by atoms with Crippen LogP contribution in [0.15, 0.2) is 36.5 Å². The Bertz CT molecular complexity index is 526. The van der Waals surface area contributed by atoms with Gasteiger partial charge < -0.3 is 14.6 Å². The summed E-state index contributed by atoms with van der Waals surface area (Å²) in [5.41, 5.74) is 1.17. The first-order valence-electron chi connectivity index (χ1n) is 5.12. The summed E-state index contributed by atoms with van der Waals surface area (Å²) in [5, 5.41) is 9.79. The van der Waals surface area contributed by atoms with Gasteiger partial charge in [-0.1, -0.05) is 0 Å². The Labute approximate surface area is 99.5 Å². The van der Waals surface area contributed by atoms with E-state index in [0.29, 0.717) is 22.8 Å². The average molecular weight is 231 g/mol. The van der Waals surface area contributed by atoms with Crippen molar-refractivity contribution in [2.24, 2.45) is 0 Å². The topological polar surface area (TPSA) is 51.6 Å². The summed E-state index contributed by atoms with van der Waals surface area (Å²) in [6.45, 7) is 0. The van der Waals surface area contributed by atoms with Crippen LogP contribution in [0.25, 0.3) is 11.3 Å². The van der Waals surface area contributed by atoms with Gasteiger partial charge in [-0.3, -0.25) is 4.98 Å². The van der Waals surface area contributed by atoms with Crippen molar-refractivity contribution in [1.29, 1.82) is 0 Å². The van der Waals surface area contributed by atoms with Crippen LogP contribution in [0.4, 0.5) is 0 Å². The number of ether oxygens (including phenoxy) is 2. The molecule has 0 saturated heterocycles. The van der Waals surface area contributed by atoms with Crippen LogP contribution in [0.3, 0.4) is 0 Å². The van der Waals surface area contributed by atoms with Gasteiger partial charge in [0, 0.05) is 11.8 Å². The Morgan fingerprint density at radius 1 is 1.12 bits per heavy atom. The quantitative estimate of drug-likeness (QED) is 0.881. The van der Waals surface area contributed by atoms with Crippen molar-refractivity contribution in [2.45, 2.75) is 0 Å². The first-order chi connectivity index (χ1) is 8.26. The van der Waals surface area contributed by atoms with E-state index in [0.717, 1.165) is 0 Å². The fourth-order valence-corrected chi connectivity index (χ4v) is 1.60. The summed E-state index contributed by atoms with van der Waals surface area (Å²) < 4.78 is 10.4. The number of benzene rings is 1. The van der Waals surface area contributed by atoms with E-state index in [4.69, 9.17) is 9.47 Å². The molecule has 0 amide bonds. The molecule has 17 heavy (non-hydrogen) atoms. The number of hydrogen-bond acceptors (Lipinski definition) is 4. The summed E-state index contributed by atoms with van der Waals surface area (Å²) in [6.07, 6.45) is 1.62. The van der Waals surface area contributed by atoms with Crippen molar-refractivity contribution in [3.63, 3.8) is 0 Å². The summed E-state index contributed by atoms with van der Waals surface area (Å²) in [6, 6.07) is 8.61. The highest BCUT2D eigenvalue weighted by Gasteiger charge is 2.12. The predicted octanol–water partition coefficient (Wildman–Crippen LogP) is 2.47. The molecule has 0 bridgehead atoms. The Hall–Kier alpha value is -2.23. The zero-order valence-electron chi connectivity index (χ0n) is 9.68. The van der Waals surface area contributed by atoms with Crippen molar-refractivity contribution >= 4 is 0 Å². The molecule has 1 aromatic heterocycles. The maximum absolute atomic E-state index is 9.79. The normalized spacial score (nSPS) is 10.0. The van der Waals surface area contributed by atoms with Gasteiger partial charge in [0.2, 0.25) is 0 Å². The summed E-state index contributed by atoms with van der Waals surface area (Å²) in [5.74, 6) is 1.43. The first kappa shape index (κ1) is 11.3. The summed E-state index contributed by atoms with van der Waals surface area (Å²) in [4.78, 5) is 4.15. The van der Waals surface area contributed by atoms with Crippen LogP contribution in [0, 0.1) is 0 Å².